The zero-order chi connectivity index (χ0) is 17.2. The molecule has 128 valence electrons. The molecule has 0 spiro atoms. The molecule has 1 aromatic carbocycles. The van der Waals surface area contributed by atoms with Gasteiger partial charge in [-0.05, 0) is 50.6 Å². The average molecular weight is 319 g/mol. The first-order valence-electron chi connectivity index (χ1n) is 8.43. The maximum atomic E-state index is 12.3. The molecule has 0 unspecified atom stereocenters. The van der Waals surface area contributed by atoms with Gasteiger partial charge in [0.15, 0.2) is 0 Å². The molecule has 1 aromatic rings. The van der Waals surface area contributed by atoms with E-state index in [1.807, 2.05) is 32.0 Å². The first-order valence-corrected chi connectivity index (χ1v) is 8.43. The molecule has 0 atom stereocenters. The maximum Gasteiger partial charge on any atom is 0.238 e. The van der Waals surface area contributed by atoms with Gasteiger partial charge in [-0.15, -0.1) is 0 Å². The Bertz CT molecular complexity index is 523. The van der Waals surface area contributed by atoms with E-state index in [2.05, 4.69) is 29.4 Å². The minimum Gasteiger partial charge on any atom is -0.326 e. The molecule has 0 saturated carbocycles. The number of nitrogens with zero attached hydrogens (tertiary/aromatic N) is 1. The van der Waals surface area contributed by atoms with E-state index in [0.29, 0.717) is 13.0 Å². The number of amides is 2. The molecule has 2 amide bonds. The maximum absolute atomic E-state index is 12.3. The van der Waals surface area contributed by atoms with Crippen LogP contribution in [0.4, 0.5) is 11.4 Å². The smallest absolute Gasteiger partial charge is 0.238 e. The van der Waals surface area contributed by atoms with Gasteiger partial charge in [-0.3, -0.25) is 14.5 Å². The van der Waals surface area contributed by atoms with Gasteiger partial charge in [0.2, 0.25) is 11.8 Å². The van der Waals surface area contributed by atoms with Gasteiger partial charge in [0.05, 0.1) is 6.54 Å². The Balaban J connectivity index is 2.74. The Labute approximate surface area is 139 Å². The molecule has 2 N–H and O–H groups in total. The fourth-order valence-corrected chi connectivity index (χ4v) is 2.44. The Hall–Kier alpha value is -1.88. The highest BCUT2D eigenvalue weighted by Crippen LogP contribution is 2.23. The summed E-state index contributed by atoms with van der Waals surface area (Å²) in [5.41, 5.74) is 2.37. The molecule has 0 aliphatic carbocycles. The van der Waals surface area contributed by atoms with Gasteiger partial charge >= 0.3 is 0 Å². The summed E-state index contributed by atoms with van der Waals surface area (Å²) < 4.78 is 0. The fraction of sp³-hybridized carbons (Fsp3) is 0.556. The predicted molar refractivity (Wildman–Crippen MR) is 95.8 cm³/mol. The third-order valence-corrected chi connectivity index (χ3v) is 3.65. The molecule has 23 heavy (non-hydrogen) atoms. The van der Waals surface area contributed by atoms with E-state index in [4.69, 9.17) is 0 Å². The van der Waals surface area contributed by atoms with Crippen molar-refractivity contribution in [3.8, 4) is 0 Å². The molecule has 0 aromatic heterocycles. The lowest BCUT2D eigenvalue weighted by molar-refractivity contribution is -0.117. The normalized spacial score (nSPS) is 10.7. The van der Waals surface area contributed by atoms with E-state index < -0.39 is 0 Å². The second-order valence-corrected chi connectivity index (χ2v) is 5.70. The second-order valence-electron chi connectivity index (χ2n) is 5.70. The molecule has 0 aliphatic heterocycles. The summed E-state index contributed by atoms with van der Waals surface area (Å²) in [4.78, 5) is 26.0. The van der Waals surface area contributed by atoms with Crippen LogP contribution in [0.2, 0.25) is 0 Å². The molecule has 0 fully saturated rings. The monoisotopic (exact) mass is 319 g/mol. The Morgan fingerprint density at radius 2 is 1.48 bits per heavy atom. The lowest BCUT2D eigenvalue weighted by Gasteiger charge is -2.21. The van der Waals surface area contributed by atoms with Crippen LogP contribution >= 0.6 is 0 Å². The summed E-state index contributed by atoms with van der Waals surface area (Å²) in [5.74, 6) is -0.0531. The molecule has 0 saturated heterocycles. The largest absolute Gasteiger partial charge is 0.326 e. The molecule has 5 heteroatoms. The van der Waals surface area contributed by atoms with Crippen LogP contribution < -0.4 is 10.6 Å². The van der Waals surface area contributed by atoms with Crippen molar-refractivity contribution in [3.63, 3.8) is 0 Å². The van der Waals surface area contributed by atoms with E-state index in [1.165, 1.54) is 0 Å². The van der Waals surface area contributed by atoms with Crippen molar-refractivity contribution >= 4 is 23.2 Å². The van der Waals surface area contributed by atoms with E-state index in [0.717, 1.165) is 42.9 Å². The molecule has 0 heterocycles. The SMILES string of the molecule is CCCN(CCC)CC(=O)Nc1cccc(NC(=O)CC)c1C. The van der Waals surface area contributed by atoms with Gasteiger partial charge in [0.25, 0.3) is 0 Å². The van der Waals surface area contributed by atoms with Crippen molar-refractivity contribution in [2.75, 3.05) is 30.3 Å². The van der Waals surface area contributed by atoms with Gasteiger partial charge in [-0.2, -0.15) is 0 Å². The number of rotatable bonds is 9. The van der Waals surface area contributed by atoms with E-state index in [1.54, 1.807) is 0 Å². The van der Waals surface area contributed by atoms with Crippen LogP contribution in [-0.2, 0) is 9.59 Å². The van der Waals surface area contributed by atoms with E-state index in [9.17, 15) is 9.59 Å². The highest BCUT2D eigenvalue weighted by molar-refractivity contribution is 5.96. The van der Waals surface area contributed by atoms with Gasteiger partial charge < -0.3 is 10.6 Å². The van der Waals surface area contributed by atoms with Crippen LogP contribution in [0.25, 0.3) is 0 Å². The van der Waals surface area contributed by atoms with Gasteiger partial charge in [-0.25, -0.2) is 0 Å². The summed E-state index contributed by atoms with van der Waals surface area (Å²) in [5, 5.41) is 5.81. The first kappa shape index (κ1) is 19.2. The topological polar surface area (TPSA) is 61.4 Å². The zero-order valence-electron chi connectivity index (χ0n) is 14.7. The van der Waals surface area contributed by atoms with Crippen molar-refractivity contribution < 1.29 is 9.59 Å². The number of nitrogens with one attached hydrogen (secondary N) is 2. The third kappa shape index (κ3) is 6.40. The van der Waals surface area contributed by atoms with Crippen LogP contribution in [0.3, 0.4) is 0 Å². The summed E-state index contributed by atoms with van der Waals surface area (Å²) in [6, 6.07) is 5.54. The van der Waals surface area contributed by atoms with Crippen molar-refractivity contribution in [2.45, 2.75) is 47.0 Å². The Morgan fingerprint density at radius 1 is 0.957 bits per heavy atom. The quantitative estimate of drug-likeness (QED) is 0.733. The van der Waals surface area contributed by atoms with Gasteiger partial charge in [0, 0.05) is 17.8 Å². The lowest BCUT2D eigenvalue weighted by Crippen LogP contribution is -2.34. The van der Waals surface area contributed by atoms with E-state index in [-0.39, 0.29) is 11.8 Å². The molecule has 0 bridgehead atoms. The van der Waals surface area contributed by atoms with Crippen LogP contribution in [0.15, 0.2) is 18.2 Å². The minimum atomic E-state index is -0.0337. The standard InChI is InChI=1S/C18H29N3O2/c1-5-11-21(12-6-2)13-18(23)20-16-10-8-9-15(14(16)4)19-17(22)7-3/h8-10H,5-7,11-13H2,1-4H3,(H,19,22)(H,20,23). The second kappa shape index (κ2) is 10.0. The highest BCUT2D eigenvalue weighted by atomic mass is 16.2. The first-order chi connectivity index (χ1) is 11.0. The summed E-state index contributed by atoms with van der Waals surface area (Å²) in [7, 11) is 0. The molecular formula is C18H29N3O2. The van der Waals surface area contributed by atoms with Crippen LogP contribution in [0, 0.1) is 6.92 Å². The molecule has 0 radical (unpaired) electrons. The number of carbonyl (C=O) groups excluding carboxylic acids is 2. The molecule has 5 nitrogen and oxygen atoms in total. The van der Waals surface area contributed by atoms with Crippen molar-refractivity contribution in [1.82, 2.24) is 4.90 Å². The Morgan fingerprint density at radius 3 is 1.96 bits per heavy atom. The number of benzene rings is 1. The predicted octanol–water partition coefficient (Wildman–Crippen LogP) is 3.40. The number of hydrogen-bond acceptors (Lipinski definition) is 3. The van der Waals surface area contributed by atoms with Crippen LogP contribution in [0.1, 0.15) is 45.6 Å². The third-order valence-electron chi connectivity index (χ3n) is 3.65. The summed E-state index contributed by atoms with van der Waals surface area (Å²) >= 11 is 0. The average Bonchev–Trinajstić information content (AvgIpc) is 2.51. The van der Waals surface area contributed by atoms with E-state index >= 15 is 0 Å². The Kier molecular flexibility index (Phi) is 8.33. The van der Waals surface area contributed by atoms with Crippen LogP contribution in [-0.4, -0.2) is 36.3 Å². The van der Waals surface area contributed by atoms with Crippen LogP contribution in [0.5, 0.6) is 0 Å². The van der Waals surface area contributed by atoms with Gasteiger partial charge in [-0.1, -0.05) is 26.8 Å². The highest BCUT2D eigenvalue weighted by Gasteiger charge is 2.12. The summed E-state index contributed by atoms with van der Waals surface area (Å²) in [6.07, 6.45) is 2.49. The van der Waals surface area contributed by atoms with Gasteiger partial charge in [0.1, 0.15) is 0 Å². The minimum absolute atomic E-state index is 0.0195. The van der Waals surface area contributed by atoms with Crippen molar-refractivity contribution in [1.29, 1.82) is 0 Å². The molecule has 0 aliphatic rings. The number of hydrogen-bond donors (Lipinski definition) is 2. The zero-order valence-corrected chi connectivity index (χ0v) is 14.7. The molecular weight excluding hydrogens is 290 g/mol. The lowest BCUT2D eigenvalue weighted by atomic mass is 10.1. The molecule has 1 rings (SSSR count). The summed E-state index contributed by atoms with van der Waals surface area (Å²) in [6.45, 7) is 10.2. The number of anilines is 2. The van der Waals surface area contributed by atoms with Crippen molar-refractivity contribution in [3.05, 3.63) is 23.8 Å². The fourth-order valence-electron chi connectivity index (χ4n) is 2.44. The number of carbonyl (C=O) groups is 2. The van der Waals surface area contributed by atoms with Crippen molar-refractivity contribution in [2.24, 2.45) is 0 Å².